The number of nitrogens with zero attached hydrogens (tertiary/aromatic N) is 2. The normalized spacial score (nSPS) is 12.4. The molecule has 0 amide bonds. The lowest BCUT2D eigenvalue weighted by molar-refractivity contribution is -0.138. The molecule has 1 aromatic heterocycles. The van der Waals surface area contributed by atoms with Crippen molar-refractivity contribution in [1.29, 1.82) is 0 Å². The van der Waals surface area contributed by atoms with E-state index in [0.717, 1.165) is 30.6 Å². The average Bonchev–Trinajstić information content (AvgIpc) is 2.53. The van der Waals surface area contributed by atoms with E-state index in [9.17, 15) is 26.3 Å². The van der Waals surface area contributed by atoms with Gasteiger partial charge in [-0.1, -0.05) is 0 Å². The van der Waals surface area contributed by atoms with Gasteiger partial charge in [-0.05, 0) is 42.5 Å². The number of halogens is 6. The van der Waals surface area contributed by atoms with Crippen molar-refractivity contribution < 1.29 is 26.3 Å². The SMILES string of the molecule is FC(F)(F)c1ccc(Nc2ncnc3cc(C(F)(F)F)ccc23)cc1. The smallest absolute Gasteiger partial charge is 0.340 e. The van der Waals surface area contributed by atoms with E-state index < -0.39 is 23.5 Å². The maximum absolute atomic E-state index is 12.7. The van der Waals surface area contributed by atoms with Crippen molar-refractivity contribution in [1.82, 2.24) is 9.97 Å². The molecule has 0 saturated heterocycles. The van der Waals surface area contributed by atoms with E-state index in [0.29, 0.717) is 11.1 Å². The molecule has 1 N–H and O–H groups in total. The molecule has 0 saturated carbocycles. The Morgan fingerprint density at radius 3 is 1.92 bits per heavy atom. The Balaban J connectivity index is 1.94. The number of aromatic nitrogens is 2. The van der Waals surface area contributed by atoms with Gasteiger partial charge in [0.1, 0.15) is 12.1 Å². The predicted octanol–water partition coefficient (Wildman–Crippen LogP) is 5.41. The Morgan fingerprint density at radius 2 is 1.32 bits per heavy atom. The number of rotatable bonds is 2. The van der Waals surface area contributed by atoms with Crippen LogP contribution in [-0.4, -0.2) is 9.97 Å². The van der Waals surface area contributed by atoms with Gasteiger partial charge in [0.2, 0.25) is 0 Å². The maximum Gasteiger partial charge on any atom is 0.416 e. The lowest BCUT2D eigenvalue weighted by atomic mass is 10.1. The molecule has 0 aliphatic carbocycles. The standard InChI is InChI=1S/C16H9F6N3/c17-15(18,19)9-1-4-11(5-2-9)25-14-12-6-3-10(16(20,21)22)7-13(12)23-8-24-14/h1-8H,(H,23,24,25). The maximum atomic E-state index is 12.7. The summed E-state index contributed by atoms with van der Waals surface area (Å²) in [4.78, 5) is 7.74. The highest BCUT2D eigenvalue weighted by atomic mass is 19.4. The highest BCUT2D eigenvalue weighted by Gasteiger charge is 2.31. The Hall–Kier alpha value is -2.84. The molecule has 0 radical (unpaired) electrons. The third-order valence-electron chi connectivity index (χ3n) is 3.44. The number of hydrogen-bond donors (Lipinski definition) is 1. The van der Waals surface area contributed by atoms with Crippen molar-refractivity contribution in [3.8, 4) is 0 Å². The number of fused-ring (bicyclic) bond motifs is 1. The summed E-state index contributed by atoms with van der Waals surface area (Å²) in [5.41, 5.74) is -1.27. The van der Waals surface area contributed by atoms with E-state index in [-0.39, 0.29) is 11.3 Å². The monoisotopic (exact) mass is 357 g/mol. The zero-order valence-electron chi connectivity index (χ0n) is 12.3. The first-order valence-electron chi connectivity index (χ1n) is 6.91. The van der Waals surface area contributed by atoms with Gasteiger partial charge in [-0.25, -0.2) is 9.97 Å². The Bertz CT molecular complexity index is 900. The van der Waals surface area contributed by atoms with E-state index in [1.165, 1.54) is 18.2 Å². The van der Waals surface area contributed by atoms with Gasteiger partial charge in [0.25, 0.3) is 0 Å². The molecule has 3 rings (SSSR count). The van der Waals surface area contributed by atoms with Gasteiger partial charge in [-0.15, -0.1) is 0 Å². The highest BCUT2D eigenvalue weighted by molar-refractivity contribution is 5.91. The second kappa shape index (κ2) is 5.91. The minimum atomic E-state index is -4.50. The molecule has 2 aromatic carbocycles. The fourth-order valence-electron chi connectivity index (χ4n) is 2.21. The van der Waals surface area contributed by atoms with Gasteiger partial charge in [0.15, 0.2) is 0 Å². The summed E-state index contributed by atoms with van der Waals surface area (Å²) in [7, 11) is 0. The average molecular weight is 357 g/mol. The molecule has 130 valence electrons. The van der Waals surface area contributed by atoms with Crippen LogP contribution in [0.3, 0.4) is 0 Å². The summed E-state index contributed by atoms with van der Waals surface area (Å²) >= 11 is 0. The summed E-state index contributed by atoms with van der Waals surface area (Å²) in [5.74, 6) is 0.193. The Morgan fingerprint density at radius 1 is 0.720 bits per heavy atom. The minimum Gasteiger partial charge on any atom is -0.340 e. The van der Waals surface area contributed by atoms with E-state index in [1.807, 2.05) is 0 Å². The van der Waals surface area contributed by atoms with Crippen molar-refractivity contribution in [2.45, 2.75) is 12.4 Å². The Labute approximate surface area is 137 Å². The lowest BCUT2D eigenvalue weighted by Crippen LogP contribution is -2.05. The summed E-state index contributed by atoms with van der Waals surface area (Å²) in [6, 6.07) is 7.20. The van der Waals surface area contributed by atoms with Crippen LogP contribution in [0.25, 0.3) is 10.9 Å². The Kier molecular flexibility index (Phi) is 4.02. The number of alkyl halides is 6. The third-order valence-corrected chi connectivity index (χ3v) is 3.44. The van der Waals surface area contributed by atoms with Crippen molar-refractivity contribution in [2.75, 3.05) is 5.32 Å². The minimum absolute atomic E-state index is 0.0687. The molecule has 25 heavy (non-hydrogen) atoms. The van der Waals surface area contributed by atoms with Crippen molar-refractivity contribution in [3.63, 3.8) is 0 Å². The van der Waals surface area contributed by atoms with E-state index in [2.05, 4.69) is 15.3 Å². The topological polar surface area (TPSA) is 37.8 Å². The molecule has 3 aromatic rings. The fraction of sp³-hybridized carbons (Fsp3) is 0.125. The third kappa shape index (κ3) is 3.65. The van der Waals surface area contributed by atoms with Crippen LogP contribution in [0, 0.1) is 0 Å². The first-order chi connectivity index (χ1) is 11.6. The van der Waals surface area contributed by atoms with E-state index in [1.54, 1.807) is 0 Å². The molecule has 0 atom stereocenters. The summed E-state index contributed by atoms with van der Waals surface area (Å²) < 4.78 is 75.9. The van der Waals surface area contributed by atoms with Crippen LogP contribution in [0.5, 0.6) is 0 Å². The fourth-order valence-corrected chi connectivity index (χ4v) is 2.21. The molecule has 3 nitrogen and oxygen atoms in total. The van der Waals surface area contributed by atoms with Crippen molar-refractivity contribution in [3.05, 3.63) is 59.9 Å². The van der Waals surface area contributed by atoms with Crippen LogP contribution in [0.1, 0.15) is 11.1 Å². The molecule has 9 heteroatoms. The van der Waals surface area contributed by atoms with Crippen LogP contribution in [0.4, 0.5) is 37.8 Å². The van der Waals surface area contributed by atoms with Gasteiger partial charge in [0, 0.05) is 11.1 Å². The first-order valence-corrected chi connectivity index (χ1v) is 6.91. The molecule has 1 heterocycles. The van der Waals surface area contributed by atoms with Gasteiger partial charge >= 0.3 is 12.4 Å². The molecule has 0 spiro atoms. The predicted molar refractivity (Wildman–Crippen MR) is 79.3 cm³/mol. The molecule has 0 aliphatic heterocycles. The van der Waals surface area contributed by atoms with Gasteiger partial charge in [-0.2, -0.15) is 26.3 Å². The van der Waals surface area contributed by atoms with Crippen molar-refractivity contribution in [2.24, 2.45) is 0 Å². The van der Waals surface area contributed by atoms with E-state index >= 15 is 0 Å². The van der Waals surface area contributed by atoms with Crippen LogP contribution >= 0.6 is 0 Å². The molecular formula is C16H9F6N3. The second-order valence-corrected chi connectivity index (χ2v) is 5.15. The largest absolute Gasteiger partial charge is 0.416 e. The van der Waals surface area contributed by atoms with Gasteiger partial charge in [0.05, 0.1) is 16.6 Å². The van der Waals surface area contributed by atoms with E-state index in [4.69, 9.17) is 0 Å². The second-order valence-electron chi connectivity index (χ2n) is 5.15. The summed E-state index contributed by atoms with van der Waals surface area (Å²) in [6.45, 7) is 0. The number of anilines is 2. The quantitative estimate of drug-likeness (QED) is 0.623. The van der Waals surface area contributed by atoms with Crippen LogP contribution in [0.2, 0.25) is 0 Å². The molecule has 0 unspecified atom stereocenters. The molecular weight excluding hydrogens is 348 g/mol. The lowest BCUT2D eigenvalue weighted by Gasteiger charge is -2.12. The molecule has 0 aliphatic rings. The van der Waals surface area contributed by atoms with Gasteiger partial charge in [-0.3, -0.25) is 0 Å². The first kappa shape index (κ1) is 17.0. The van der Waals surface area contributed by atoms with Crippen LogP contribution < -0.4 is 5.32 Å². The van der Waals surface area contributed by atoms with Crippen molar-refractivity contribution >= 4 is 22.4 Å². The summed E-state index contributed by atoms with van der Waals surface area (Å²) in [5, 5.41) is 3.10. The number of benzene rings is 2. The number of nitrogens with one attached hydrogen (secondary N) is 1. The highest BCUT2D eigenvalue weighted by Crippen LogP contribution is 2.33. The summed E-state index contributed by atoms with van der Waals surface area (Å²) in [6.07, 6.45) is -7.87. The molecule has 0 bridgehead atoms. The zero-order valence-corrected chi connectivity index (χ0v) is 12.3. The van der Waals surface area contributed by atoms with Crippen LogP contribution in [0.15, 0.2) is 48.8 Å². The van der Waals surface area contributed by atoms with Gasteiger partial charge < -0.3 is 5.32 Å². The van der Waals surface area contributed by atoms with Crippen LogP contribution in [-0.2, 0) is 12.4 Å². The molecule has 0 fully saturated rings. The zero-order chi connectivity index (χ0) is 18.2. The number of hydrogen-bond acceptors (Lipinski definition) is 3.